The molecule has 0 amide bonds. The molecule has 0 aliphatic rings. The fraction of sp³-hybridized carbons (Fsp3) is 0. The summed E-state index contributed by atoms with van der Waals surface area (Å²) in [5, 5.41) is 41.9. The summed E-state index contributed by atoms with van der Waals surface area (Å²) in [6.45, 7) is 0. The predicted molar refractivity (Wildman–Crippen MR) is 59.0 cm³/mol. The van der Waals surface area contributed by atoms with Crippen molar-refractivity contribution in [3.8, 4) is 0 Å². The molecule has 18 heteroatoms. The quantitative estimate of drug-likeness (QED) is 0.0645. The Morgan fingerprint density at radius 3 is 0.875 bits per heavy atom. The zero-order valence-corrected chi connectivity index (χ0v) is 12.3. The molecule has 0 heterocycles. The third kappa shape index (κ3) is 228. The molecule has 0 unspecified atom stereocenters. The van der Waals surface area contributed by atoms with E-state index >= 15 is 0 Å². The van der Waals surface area contributed by atoms with Crippen molar-refractivity contribution in [1.82, 2.24) is 0 Å². The van der Waals surface area contributed by atoms with Crippen molar-refractivity contribution in [3.05, 3.63) is 0 Å². The summed E-state index contributed by atoms with van der Waals surface area (Å²) in [7, 11) is -4.64. The van der Waals surface area contributed by atoms with Crippen LogP contribution < -0.4 is 24.0 Å². The molecule has 0 radical (unpaired) electrons. The van der Waals surface area contributed by atoms with Crippen LogP contribution in [0, 0.1) is 10.8 Å². The van der Waals surface area contributed by atoms with Crippen molar-refractivity contribution in [2.24, 2.45) is 0 Å². The van der Waals surface area contributed by atoms with Crippen molar-refractivity contribution in [2.45, 2.75) is 0 Å². The summed E-state index contributed by atoms with van der Waals surface area (Å²) in [6.07, 6.45) is 1.50. The monoisotopic (exact) mass is 370 g/mol. The van der Waals surface area contributed by atoms with Gasteiger partial charge in [-0.15, -0.1) is 0 Å². The predicted octanol–water partition coefficient (Wildman–Crippen LogP) is -7.15. The number of nitrogens with one attached hydrogen (secondary N) is 2. The van der Waals surface area contributed by atoms with E-state index in [1.165, 1.54) is 0 Å². The van der Waals surface area contributed by atoms with E-state index in [1.807, 2.05) is 0 Å². The number of isocyanates is 2. The van der Waals surface area contributed by atoms with Gasteiger partial charge in [0.05, 0.1) is 0 Å². The van der Waals surface area contributed by atoms with E-state index in [-0.39, 0.29) is 18.9 Å². The maximum atomic E-state index is 9.10. The van der Waals surface area contributed by atoms with Crippen molar-refractivity contribution < 1.29 is 87.3 Å². The molecule has 0 aromatic heterocycles. The zero-order valence-electron chi connectivity index (χ0n) is 11.4. The smallest absolute Gasteiger partial charge is 0.539 e. The summed E-state index contributed by atoms with van der Waals surface area (Å²) in [5.41, 5.74) is 0. The van der Waals surface area contributed by atoms with Gasteiger partial charge in [0.25, 0.3) is 0 Å². The van der Waals surface area contributed by atoms with Crippen LogP contribution in [-0.2, 0) is 33.3 Å². The fourth-order valence-electron chi connectivity index (χ4n) is 0. The molecule has 0 aromatic carbocycles. The number of rotatable bonds is 0. The number of carbonyl (C=O) groups is 4. The first kappa shape index (κ1) is 37.5. The number of carboxylic acid groups (broad SMARTS) is 4. The van der Waals surface area contributed by atoms with E-state index in [1.54, 1.807) is 0 Å². The zero-order chi connectivity index (χ0) is 20.2. The normalized spacial score (nSPS) is 6.79. The molecule has 0 saturated carbocycles. The van der Waals surface area contributed by atoms with Gasteiger partial charge >= 0.3 is 44.6 Å². The van der Waals surface area contributed by atoms with Gasteiger partial charge in [0.1, 0.15) is 0 Å². The van der Waals surface area contributed by atoms with Crippen molar-refractivity contribution in [1.29, 1.82) is 10.8 Å². The van der Waals surface area contributed by atoms with E-state index in [0.717, 1.165) is 12.2 Å². The molecule has 0 spiro atoms. The minimum atomic E-state index is -4.64. The van der Waals surface area contributed by atoms with Gasteiger partial charge in [-0.3, -0.25) is 0 Å². The van der Waals surface area contributed by atoms with Gasteiger partial charge in [-0.1, -0.05) is 0 Å². The summed E-state index contributed by atoms with van der Waals surface area (Å²) in [5.74, 6) is -7.66. The Labute approximate surface area is 142 Å². The van der Waals surface area contributed by atoms with Gasteiger partial charge in [-0.2, -0.15) is 0 Å². The number of hydrogen-bond acceptors (Lipinski definition) is 10. The fourth-order valence-corrected chi connectivity index (χ4v) is 0. The molecule has 132 valence electrons. The largest absolute Gasteiger partial charge is 1.00 e. The molecule has 0 fully saturated rings. The Morgan fingerprint density at radius 1 is 0.792 bits per heavy atom. The average molecular weight is 370 g/mol. The third-order valence-corrected chi connectivity index (χ3v) is 0.358. The summed E-state index contributed by atoms with van der Waals surface area (Å²) >= 11 is 0. The maximum absolute atomic E-state index is 9.10. The average Bonchev–Trinajstić information content (AvgIpc) is 2.29. The molecule has 0 aliphatic carbocycles. The standard InChI is InChI=1S/2C2H2O4.2CHNO.Li.H3O4P/c2*3-1(4)2(5)6;2*2-1-3;;1-5(2,3)4/h2*(H,3,4)(H,5,6);2*2H;;(H3,1,2,3,4)/q;;;;+1;/p-1. The number of carboxylic acids is 4. The minimum absolute atomic E-state index is 0. The van der Waals surface area contributed by atoms with Gasteiger partial charge in [0.15, 0.2) is 5.97 Å². The number of aliphatic carboxylic acids is 4. The molecule has 0 aliphatic heterocycles. The van der Waals surface area contributed by atoms with Crippen molar-refractivity contribution in [3.63, 3.8) is 0 Å². The Morgan fingerprint density at radius 2 is 0.875 bits per heavy atom. The van der Waals surface area contributed by atoms with Crippen LogP contribution >= 0.6 is 7.82 Å². The molecule has 16 nitrogen and oxygen atoms in total. The van der Waals surface area contributed by atoms with Crippen LogP contribution in [0.15, 0.2) is 0 Å². The molecule has 24 heavy (non-hydrogen) atoms. The topological polar surface area (TPSA) is 312 Å². The van der Waals surface area contributed by atoms with Crippen molar-refractivity contribution >= 4 is 43.9 Å². The molecule has 8 N–H and O–H groups in total. The van der Waals surface area contributed by atoms with E-state index < -0.39 is 31.7 Å². The van der Waals surface area contributed by atoms with Crippen LogP contribution in [0.3, 0.4) is 0 Å². The summed E-state index contributed by atoms with van der Waals surface area (Å²) < 4.78 is 8.88. The van der Waals surface area contributed by atoms with Crippen LogP contribution in [0.5, 0.6) is 0 Å². The number of phosphoric acid groups is 1. The van der Waals surface area contributed by atoms with Crippen LogP contribution in [0.25, 0.3) is 0 Å². The summed E-state index contributed by atoms with van der Waals surface area (Å²) in [6, 6.07) is 0. The second-order valence-electron chi connectivity index (χ2n) is 1.92. The SMILES string of the molecule is N=C=O.N=C=O.O=C(O)C(=O)O.O=C([O-])C(=O)O.O=P(O)(O)O.[Li+]. The first-order valence-electron chi connectivity index (χ1n) is 3.88. The van der Waals surface area contributed by atoms with Crippen LogP contribution in [0.4, 0.5) is 0 Å². The molecule has 0 saturated heterocycles. The van der Waals surface area contributed by atoms with Gasteiger partial charge in [-0.25, -0.2) is 39.4 Å². The van der Waals surface area contributed by atoms with Crippen LogP contribution in [0.2, 0.25) is 0 Å². The Bertz CT molecular complexity index is 431. The van der Waals surface area contributed by atoms with E-state index in [4.69, 9.17) is 79.3 Å². The first-order chi connectivity index (χ1) is 10.1. The maximum Gasteiger partial charge on any atom is 1.00 e. The Kier molecular flexibility index (Phi) is 39.6. The Balaban J connectivity index is -0.0000000430. The Hall–Kier alpha value is -2.65. The number of carbonyl (C=O) groups excluding carboxylic acids is 3. The molecule has 0 atom stereocenters. The molecule has 0 rings (SSSR count). The second kappa shape index (κ2) is 25.3. The van der Waals surface area contributed by atoms with Crippen molar-refractivity contribution in [2.75, 3.05) is 0 Å². The van der Waals surface area contributed by atoms with E-state index in [0.29, 0.717) is 0 Å². The molecular weight excluding hydrogens is 362 g/mol. The van der Waals surface area contributed by atoms with E-state index in [9.17, 15) is 0 Å². The molecule has 0 bridgehead atoms. The molecular formula is C6H8LiN2O14P. The van der Waals surface area contributed by atoms with E-state index in [2.05, 4.69) is 0 Å². The van der Waals surface area contributed by atoms with Gasteiger partial charge in [0, 0.05) is 0 Å². The minimum Gasteiger partial charge on any atom is -0.539 e. The first-order valence-corrected chi connectivity index (χ1v) is 5.45. The van der Waals surface area contributed by atoms with Gasteiger partial charge in [-0.05, 0) is 0 Å². The third-order valence-electron chi connectivity index (χ3n) is 0.358. The van der Waals surface area contributed by atoms with Crippen LogP contribution in [0.1, 0.15) is 0 Å². The summed E-state index contributed by atoms with van der Waals surface area (Å²) in [4.78, 5) is 74.5. The molecule has 0 aromatic rings. The number of hydrogen-bond donors (Lipinski definition) is 8. The van der Waals surface area contributed by atoms with Crippen LogP contribution in [-0.4, -0.2) is 66.0 Å². The second-order valence-corrected chi connectivity index (χ2v) is 2.95. The van der Waals surface area contributed by atoms with Gasteiger partial charge < -0.3 is 39.9 Å². The van der Waals surface area contributed by atoms with Gasteiger partial charge in [0.2, 0.25) is 12.2 Å².